The first kappa shape index (κ1) is 14.0. The van der Waals surface area contributed by atoms with Crippen LogP contribution >= 0.6 is 0 Å². The van der Waals surface area contributed by atoms with Gasteiger partial charge in [0.2, 0.25) is 0 Å². The quantitative estimate of drug-likeness (QED) is 0.477. The molecule has 1 aromatic rings. The lowest BCUT2D eigenvalue weighted by Gasteiger charge is -2.03. The minimum absolute atomic E-state index is 0.190. The van der Waals surface area contributed by atoms with Gasteiger partial charge >= 0.3 is 5.97 Å². The molecule has 4 nitrogen and oxygen atoms in total. The molecule has 4 heteroatoms. The fraction of sp³-hybridized carbons (Fsp3) is 0.286. The van der Waals surface area contributed by atoms with Crippen molar-refractivity contribution in [3.8, 4) is 5.75 Å². The molecule has 96 valence electrons. The van der Waals surface area contributed by atoms with Crippen molar-refractivity contribution in [2.75, 3.05) is 7.11 Å². The van der Waals surface area contributed by atoms with Gasteiger partial charge in [-0.15, -0.1) is 0 Å². The lowest BCUT2D eigenvalue weighted by molar-refractivity contribution is -0.134. The number of carbonyl (C=O) groups is 2. The highest BCUT2D eigenvalue weighted by Crippen LogP contribution is 2.16. The van der Waals surface area contributed by atoms with E-state index in [0.717, 1.165) is 0 Å². The zero-order valence-electron chi connectivity index (χ0n) is 10.5. The summed E-state index contributed by atoms with van der Waals surface area (Å²) in [5, 5.41) is 9.04. The molecule has 0 heterocycles. The molecule has 0 aliphatic carbocycles. The van der Waals surface area contributed by atoms with Crippen LogP contribution in [0.25, 0.3) is 6.08 Å². The number of aliphatic carboxylic acids is 1. The van der Waals surface area contributed by atoms with E-state index in [1.165, 1.54) is 13.2 Å². The van der Waals surface area contributed by atoms with Crippen molar-refractivity contribution in [3.63, 3.8) is 0 Å². The molecule has 0 amide bonds. The fourth-order valence-electron chi connectivity index (χ4n) is 1.52. The van der Waals surface area contributed by atoms with E-state index < -0.39 is 5.97 Å². The third-order valence-corrected chi connectivity index (χ3v) is 2.41. The third-order valence-electron chi connectivity index (χ3n) is 2.41. The molecule has 0 bridgehead atoms. The van der Waals surface area contributed by atoms with Crippen LogP contribution < -0.4 is 4.74 Å². The van der Waals surface area contributed by atoms with E-state index in [9.17, 15) is 9.59 Å². The van der Waals surface area contributed by atoms with E-state index in [-0.39, 0.29) is 17.8 Å². The largest absolute Gasteiger partial charge is 0.497 e. The van der Waals surface area contributed by atoms with Crippen LogP contribution in [0.15, 0.2) is 29.8 Å². The predicted octanol–water partition coefficient (Wildman–Crippen LogP) is 2.53. The number of hydrogen-bond donors (Lipinski definition) is 1. The second-order valence-corrected chi connectivity index (χ2v) is 3.81. The SMILES string of the molecule is CCCC(=O)C(=Cc1cccc(OC)c1)C(=O)O. The topological polar surface area (TPSA) is 63.6 Å². The second kappa shape index (κ2) is 6.59. The molecule has 1 aromatic carbocycles. The van der Waals surface area contributed by atoms with Crippen molar-refractivity contribution in [2.24, 2.45) is 0 Å². The van der Waals surface area contributed by atoms with Gasteiger partial charge < -0.3 is 9.84 Å². The first-order chi connectivity index (χ1) is 8.58. The number of Topliss-reactive ketones (excluding diaryl/α,β-unsaturated/α-hetero) is 1. The third kappa shape index (κ3) is 3.73. The number of ketones is 1. The Morgan fingerprint density at radius 3 is 2.67 bits per heavy atom. The standard InChI is InChI=1S/C14H16O4/c1-3-5-13(15)12(14(16)17)9-10-6-4-7-11(8-10)18-2/h4,6-9H,3,5H2,1-2H3,(H,16,17). The van der Waals surface area contributed by atoms with Gasteiger partial charge in [-0.3, -0.25) is 4.79 Å². The highest BCUT2D eigenvalue weighted by molar-refractivity contribution is 6.19. The number of carboxylic acids is 1. The minimum atomic E-state index is -1.20. The van der Waals surface area contributed by atoms with E-state index >= 15 is 0 Å². The normalized spacial score (nSPS) is 11.1. The Labute approximate surface area is 106 Å². The fourth-order valence-corrected chi connectivity index (χ4v) is 1.52. The summed E-state index contributed by atoms with van der Waals surface area (Å²) < 4.78 is 5.04. The molecule has 0 aliphatic heterocycles. The molecule has 0 spiro atoms. The van der Waals surface area contributed by atoms with Gasteiger partial charge in [-0.25, -0.2) is 4.79 Å². The molecule has 0 radical (unpaired) electrons. The van der Waals surface area contributed by atoms with Gasteiger partial charge in [-0.05, 0) is 30.2 Å². The zero-order valence-corrected chi connectivity index (χ0v) is 10.5. The molecule has 0 aliphatic rings. The molecule has 18 heavy (non-hydrogen) atoms. The van der Waals surface area contributed by atoms with Crippen LogP contribution in [0.2, 0.25) is 0 Å². The van der Waals surface area contributed by atoms with Gasteiger partial charge in [0.15, 0.2) is 5.78 Å². The summed E-state index contributed by atoms with van der Waals surface area (Å²) in [5.41, 5.74) is 0.446. The van der Waals surface area contributed by atoms with E-state index in [0.29, 0.717) is 17.7 Å². The van der Waals surface area contributed by atoms with Crippen LogP contribution in [0, 0.1) is 0 Å². The first-order valence-electron chi connectivity index (χ1n) is 5.70. The highest BCUT2D eigenvalue weighted by atomic mass is 16.5. The molecule has 0 fully saturated rings. The smallest absolute Gasteiger partial charge is 0.339 e. The Morgan fingerprint density at radius 2 is 2.11 bits per heavy atom. The molecule has 0 saturated carbocycles. The second-order valence-electron chi connectivity index (χ2n) is 3.81. The number of hydrogen-bond acceptors (Lipinski definition) is 3. The van der Waals surface area contributed by atoms with Crippen molar-refractivity contribution in [2.45, 2.75) is 19.8 Å². The van der Waals surface area contributed by atoms with Gasteiger partial charge in [0.1, 0.15) is 11.3 Å². The van der Waals surface area contributed by atoms with E-state index in [1.54, 1.807) is 24.3 Å². The molecular weight excluding hydrogens is 232 g/mol. The van der Waals surface area contributed by atoms with Gasteiger partial charge in [0.25, 0.3) is 0 Å². The minimum Gasteiger partial charge on any atom is -0.497 e. The van der Waals surface area contributed by atoms with Crippen molar-refractivity contribution in [3.05, 3.63) is 35.4 Å². The van der Waals surface area contributed by atoms with E-state index in [4.69, 9.17) is 9.84 Å². The average molecular weight is 248 g/mol. The summed E-state index contributed by atoms with van der Waals surface area (Å²) in [6, 6.07) is 6.91. The Morgan fingerprint density at radius 1 is 1.39 bits per heavy atom. The maximum absolute atomic E-state index is 11.7. The number of carbonyl (C=O) groups excluding carboxylic acids is 1. The van der Waals surface area contributed by atoms with Gasteiger partial charge in [-0.2, -0.15) is 0 Å². The molecule has 0 saturated heterocycles. The molecule has 0 atom stereocenters. The summed E-state index contributed by atoms with van der Waals surface area (Å²) in [7, 11) is 1.53. The summed E-state index contributed by atoms with van der Waals surface area (Å²) in [6.45, 7) is 1.84. The molecule has 0 unspecified atom stereocenters. The number of rotatable bonds is 6. The highest BCUT2D eigenvalue weighted by Gasteiger charge is 2.16. The molecule has 0 aromatic heterocycles. The van der Waals surface area contributed by atoms with Crippen molar-refractivity contribution < 1.29 is 19.4 Å². The molecular formula is C14H16O4. The first-order valence-corrected chi connectivity index (χ1v) is 5.70. The summed E-state index contributed by atoms with van der Waals surface area (Å²) in [6.07, 6.45) is 2.24. The average Bonchev–Trinajstić information content (AvgIpc) is 2.36. The Hall–Kier alpha value is -2.10. The predicted molar refractivity (Wildman–Crippen MR) is 68.5 cm³/mol. The van der Waals surface area contributed by atoms with Crippen LogP contribution in [-0.2, 0) is 9.59 Å². The van der Waals surface area contributed by atoms with E-state index in [1.807, 2.05) is 6.92 Å². The van der Waals surface area contributed by atoms with Crippen LogP contribution in [-0.4, -0.2) is 24.0 Å². The number of ether oxygens (including phenoxy) is 1. The monoisotopic (exact) mass is 248 g/mol. The molecule has 1 N–H and O–H groups in total. The van der Waals surface area contributed by atoms with E-state index in [2.05, 4.69) is 0 Å². The lowest BCUT2D eigenvalue weighted by atomic mass is 10.0. The number of benzene rings is 1. The number of carboxylic acid groups (broad SMARTS) is 1. The van der Waals surface area contributed by atoms with Crippen molar-refractivity contribution in [1.82, 2.24) is 0 Å². The Balaban J connectivity index is 3.07. The lowest BCUT2D eigenvalue weighted by Crippen LogP contribution is -2.11. The summed E-state index contributed by atoms with van der Waals surface area (Å²) in [4.78, 5) is 22.7. The van der Waals surface area contributed by atoms with Gasteiger partial charge in [-0.1, -0.05) is 19.1 Å². The zero-order chi connectivity index (χ0) is 13.5. The van der Waals surface area contributed by atoms with Gasteiger partial charge in [0.05, 0.1) is 7.11 Å². The summed E-state index contributed by atoms with van der Waals surface area (Å²) >= 11 is 0. The number of methoxy groups -OCH3 is 1. The van der Waals surface area contributed by atoms with Crippen molar-refractivity contribution >= 4 is 17.8 Å². The maximum atomic E-state index is 11.7. The van der Waals surface area contributed by atoms with Crippen LogP contribution in [0.4, 0.5) is 0 Å². The van der Waals surface area contributed by atoms with Crippen molar-refractivity contribution in [1.29, 1.82) is 0 Å². The van der Waals surface area contributed by atoms with Crippen LogP contribution in [0.5, 0.6) is 5.75 Å². The van der Waals surface area contributed by atoms with Gasteiger partial charge in [0, 0.05) is 6.42 Å². The van der Waals surface area contributed by atoms with Crippen LogP contribution in [0.3, 0.4) is 0 Å². The summed E-state index contributed by atoms with van der Waals surface area (Å²) in [5.74, 6) is -0.930. The maximum Gasteiger partial charge on any atom is 0.339 e. The Kier molecular flexibility index (Phi) is 5.11. The molecule has 1 rings (SSSR count). The van der Waals surface area contributed by atoms with Crippen LogP contribution in [0.1, 0.15) is 25.3 Å². The Bertz CT molecular complexity index is 474.